The van der Waals surface area contributed by atoms with E-state index in [1.807, 2.05) is 0 Å². The molecule has 1 aliphatic carbocycles. The Kier molecular flexibility index (Phi) is 4.12. The third-order valence-corrected chi connectivity index (χ3v) is 3.80. The topological polar surface area (TPSA) is 97.5 Å². The van der Waals surface area contributed by atoms with Gasteiger partial charge in [0, 0.05) is 24.1 Å². The van der Waals surface area contributed by atoms with E-state index in [0.29, 0.717) is 6.42 Å². The molecule has 0 spiro atoms. The molecule has 0 aromatic heterocycles. The molecule has 6 heteroatoms. The van der Waals surface area contributed by atoms with Gasteiger partial charge in [-0.1, -0.05) is 18.6 Å². The van der Waals surface area contributed by atoms with Crippen molar-refractivity contribution in [2.24, 2.45) is 11.8 Å². The Morgan fingerprint density at radius 3 is 2.75 bits per heavy atom. The lowest BCUT2D eigenvalue weighted by atomic mass is 9.89. The second-order valence-corrected chi connectivity index (χ2v) is 5.07. The molecule has 2 atom stereocenters. The highest BCUT2D eigenvalue weighted by molar-refractivity contribution is 5.97. The molecule has 1 N–H and O–H groups in total. The molecule has 0 heterocycles. The molecule has 1 aliphatic rings. The summed E-state index contributed by atoms with van der Waals surface area (Å²) in [5, 5.41) is 19.8. The number of carboxylic acid groups (broad SMARTS) is 1. The zero-order chi connectivity index (χ0) is 14.7. The maximum atomic E-state index is 12.1. The van der Waals surface area contributed by atoms with Crippen molar-refractivity contribution in [3.63, 3.8) is 0 Å². The molecule has 1 aromatic carbocycles. The Labute approximate surface area is 115 Å². The molecule has 1 saturated carbocycles. The number of carboxylic acids is 1. The van der Waals surface area contributed by atoms with Gasteiger partial charge in [0.15, 0.2) is 5.78 Å². The first-order valence-corrected chi connectivity index (χ1v) is 6.49. The highest BCUT2D eigenvalue weighted by Gasteiger charge is 2.34. The number of carbonyl (C=O) groups is 2. The molecule has 20 heavy (non-hydrogen) atoms. The van der Waals surface area contributed by atoms with Crippen LogP contribution in [-0.2, 0) is 4.79 Å². The van der Waals surface area contributed by atoms with Gasteiger partial charge in [0.05, 0.1) is 10.8 Å². The monoisotopic (exact) mass is 277 g/mol. The fourth-order valence-corrected chi connectivity index (χ4v) is 2.76. The Balaban J connectivity index is 2.10. The van der Waals surface area contributed by atoms with E-state index in [1.165, 1.54) is 24.3 Å². The average Bonchev–Trinajstić information content (AvgIpc) is 2.87. The third kappa shape index (κ3) is 3.01. The predicted molar refractivity (Wildman–Crippen MR) is 70.5 cm³/mol. The molecular formula is C14H15NO5. The fourth-order valence-electron chi connectivity index (χ4n) is 2.76. The number of benzene rings is 1. The van der Waals surface area contributed by atoms with Crippen molar-refractivity contribution in [2.75, 3.05) is 0 Å². The summed E-state index contributed by atoms with van der Waals surface area (Å²) in [5.41, 5.74) is 0.146. The minimum absolute atomic E-state index is 0.128. The average molecular weight is 277 g/mol. The SMILES string of the molecule is O=C(C[C@H]1CCC[C@@H]1C(=O)O)c1cccc([N+](=O)[O-])c1. The molecule has 0 amide bonds. The summed E-state index contributed by atoms with van der Waals surface area (Å²) in [5.74, 6) is -1.73. The first-order valence-electron chi connectivity index (χ1n) is 6.49. The highest BCUT2D eigenvalue weighted by atomic mass is 16.6. The van der Waals surface area contributed by atoms with Crippen LogP contribution < -0.4 is 0 Å². The quantitative estimate of drug-likeness (QED) is 0.507. The van der Waals surface area contributed by atoms with E-state index >= 15 is 0 Å². The molecule has 0 saturated heterocycles. The number of non-ortho nitro benzene ring substituents is 1. The smallest absolute Gasteiger partial charge is 0.306 e. The zero-order valence-corrected chi connectivity index (χ0v) is 10.8. The largest absolute Gasteiger partial charge is 0.481 e. The van der Waals surface area contributed by atoms with Crippen molar-refractivity contribution in [3.8, 4) is 0 Å². The van der Waals surface area contributed by atoms with Crippen LogP contribution in [0.2, 0.25) is 0 Å². The standard InChI is InChI=1S/C14H15NO5/c16-13(8-9-3-2-6-12(9)14(17)18)10-4-1-5-11(7-10)15(19)20/h1,4-5,7,9,12H,2-3,6,8H2,(H,17,18)/t9-,12+/m1/s1. The van der Waals surface area contributed by atoms with Crippen molar-refractivity contribution in [1.82, 2.24) is 0 Å². The van der Waals surface area contributed by atoms with Gasteiger partial charge >= 0.3 is 5.97 Å². The summed E-state index contributed by atoms with van der Waals surface area (Å²) in [6, 6.07) is 5.56. The Hall–Kier alpha value is -2.24. The maximum Gasteiger partial charge on any atom is 0.306 e. The Bertz CT molecular complexity index is 554. The van der Waals surface area contributed by atoms with Crippen LogP contribution >= 0.6 is 0 Å². The summed E-state index contributed by atoms with van der Waals surface area (Å²) in [7, 11) is 0. The van der Waals surface area contributed by atoms with Crippen molar-refractivity contribution in [3.05, 3.63) is 39.9 Å². The van der Waals surface area contributed by atoms with E-state index in [1.54, 1.807) is 0 Å². The van der Waals surface area contributed by atoms with E-state index in [0.717, 1.165) is 12.8 Å². The summed E-state index contributed by atoms with van der Waals surface area (Å²) >= 11 is 0. The molecule has 106 valence electrons. The van der Waals surface area contributed by atoms with Gasteiger partial charge in [-0.2, -0.15) is 0 Å². The van der Waals surface area contributed by atoms with Crippen LogP contribution in [-0.4, -0.2) is 21.8 Å². The second kappa shape index (κ2) is 5.81. The molecule has 1 fully saturated rings. The van der Waals surface area contributed by atoms with E-state index in [4.69, 9.17) is 5.11 Å². The predicted octanol–water partition coefficient (Wildman–Crippen LogP) is 2.67. The van der Waals surface area contributed by atoms with Crippen molar-refractivity contribution in [2.45, 2.75) is 25.7 Å². The first kappa shape index (κ1) is 14.2. The number of hydrogen-bond acceptors (Lipinski definition) is 4. The minimum Gasteiger partial charge on any atom is -0.481 e. The number of ketones is 1. The number of nitro benzene ring substituents is 1. The van der Waals surface area contributed by atoms with E-state index in [9.17, 15) is 19.7 Å². The van der Waals surface area contributed by atoms with Crippen molar-refractivity contribution >= 4 is 17.4 Å². The van der Waals surface area contributed by atoms with Gasteiger partial charge in [0.25, 0.3) is 5.69 Å². The molecule has 0 bridgehead atoms. The number of nitrogens with zero attached hydrogens (tertiary/aromatic N) is 1. The number of Topliss-reactive ketones (excluding diaryl/α,β-unsaturated/α-hetero) is 1. The lowest BCUT2D eigenvalue weighted by Gasteiger charge is -2.14. The van der Waals surface area contributed by atoms with Crippen LogP contribution in [0.25, 0.3) is 0 Å². The van der Waals surface area contributed by atoms with Crippen LogP contribution in [0.4, 0.5) is 5.69 Å². The second-order valence-electron chi connectivity index (χ2n) is 5.07. The molecule has 2 rings (SSSR count). The van der Waals surface area contributed by atoms with E-state index in [2.05, 4.69) is 0 Å². The molecule has 0 aliphatic heterocycles. The lowest BCUT2D eigenvalue weighted by molar-refractivity contribution is -0.384. The number of nitro groups is 1. The number of hydrogen-bond donors (Lipinski definition) is 1. The van der Waals surface area contributed by atoms with Gasteiger partial charge in [-0.25, -0.2) is 0 Å². The van der Waals surface area contributed by atoms with Crippen LogP contribution in [0, 0.1) is 22.0 Å². The van der Waals surface area contributed by atoms with Gasteiger partial charge < -0.3 is 5.11 Å². The van der Waals surface area contributed by atoms with Crippen LogP contribution in [0.3, 0.4) is 0 Å². The molecule has 0 radical (unpaired) electrons. The summed E-state index contributed by atoms with van der Waals surface area (Å²) < 4.78 is 0. The Morgan fingerprint density at radius 1 is 1.35 bits per heavy atom. The van der Waals surface area contributed by atoms with E-state index in [-0.39, 0.29) is 29.4 Å². The normalized spacial score (nSPS) is 21.6. The summed E-state index contributed by atoms with van der Waals surface area (Å²) in [4.78, 5) is 33.3. The Morgan fingerprint density at radius 2 is 2.10 bits per heavy atom. The number of aliphatic carboxylic acids is 1. The van der Waals surface area contributed by atoms with Crippen LogP contribution in [0.15, 0.2) is 24.3 Å². The van der Waals surface area contributed by atoms with E-state index < -0.39 is 16.8 Å². The van der Waals surface area contributed by atoms with Gasteiger partial charge in [-0.05, 0) is 18.8 Å². The fraction of sp³-hybridized carbons (Fsp3) is 0.429. The maximum absolute atomic E-state index is 12.1. The van der Waals surface area contributed by atoms with Gasteiger partial charge in [-0.15, -0.1) is 0 Å². The third-order valence-electron chi connectivity index (χ3n) is 3.80. The molecular weight excluding hydrogens is 262 g/mol. The molecule has 6 nitrogen and oxygen atoms in total. The lowest BCUT2D eigenvalue weighted by Crippen LogP contribution is -2.20. The number of rotatable bonds is 5. The summed E-state index contributed by atoms with van der Waals surface area (Å²) in [6.45, 7) is 0. The van der Waals surface area contributed by atoms with Crippen LogP contribution in [0.1, 0.15) is 36.0 Å². The van der Waals surface area contributed by atoms with Gasteiger partial charge in [0.1, 0.15) is 0 Å². The molecule has 1 aromatic rings. The zero-order valence-electron chi connectivity index (χ0n) is 10.8. The number of carbonyl (C=O) groups excluding carboxylic acids is 1. The molecule has 0 unspecified atom stereocenters. The van der Waals surface area contributed by atoms with Crippen molar-refractivity contribution in [1.29, 1.82) is 0 Å². The van der Waals surface area contributed by atoms with Crippen LogP contribution in [0.5, 0.6) is 0 Å². The minimum atomic E-state index is -0.862. The van der Waals surface area contributed by atoms with Gasteiger partial charge in [0.2, 0.25) is 0 Å². The highest BCUT2D eigenvalue weighted by Crippen LogP contribution is 2.35. The van der Waals surface area contributed by atoms with Crippen molar-refractivity contribution < 1.29 is 19.6 Å². The van der Waals surface area contributed by atoms with Gasteiger partial charge in [-0.3, -0.25) is 19.7 Å². The first-order chi connectivity index (χ1) is 9.49. The summed E-state index contributed by atoms with van der Waals surface area (Å²) in [6.07, 6.45) is 2.27.